The molecule has 0 heterocycles. The molecule has 0 saturated heterocycles. The molecule has 0 aromatic heterocycles. The Kier molecular flexibility index (Phi) is 4.11. The van der Waals surface area contributed by atoms with Crippen LogP contribution in [0.4, 0.5) is 4.39 Å². The molecule has 1 aromatic carbocycles. The largest absolute Gasteiger partial charge is 0.377 e. The van der Waals surface area contributed by atoms with E-state index in [1.54, 1.807) is 6.07 Å². The van der Waals surface area contributed by atoms with Crippen LogP contribution in [0.5, 0.6) is 0 Å². The fourth-order valence-corrected chi connectivity index (χ4v) is 1.97. The minimum absolute atomic E-state index is 0.258. The van der Waals surface area contributed by atoms with Crippen molar-refractivity contribution in [3.8, 4) is 6.07 Å². The summed E-state index contributed by atoms with van der Waals surface area (Å²) in [6, 6.07) is 6.36. The molecule has 0 bridgehead atoms. The van der Waals surface area contributed by atoms with E-state index in [4.69, 9.17) is 10.00 Å². The number of hydrogen-bond acceptors (Lipinski definition) is 2. The van der Waals surface area contributed by atoms with Crippen molar-refractivity contribution in [1.82, 2.24) is 0 Å². The smallest absolute Gasteiger partial charge is 0.128 e. The van der Waals surface area contributed by atoms with Crippen LogP contribution in [-0.2, 0) is 11.3 Å². The van der Waals surface area contributed by atoms with Crippen molar-refractivity contribution in [2.24, 2.45) is 5.92 Å². The third kappa shape index (κ3) is 3.28. The van der Waals surface area contributed by atoms with Crippen LogP contribution < -0.4 is 0 Å². The van der Waals surface area contributed by atoms with Crippen LogP contribution >= 0.6 is 0 Å². The lowest BCUT2D eigenvalue weighted by molar-refractivity contribution is 0.0931. The summed E-state index contributed by atoms with van der Waals surface area (Å²) in [4.78, 5) is 0. The molecule has 1 saturated carbocycles. The van der Waals surface area contributed by atoms with E-state index < -0.39 is 0 Å². The molecule has 1 aromatic rings. The number of rotatable bonds is 5. The van der Waals surface area contributed by atoms with Crippen molar-refractivity contribution >= 4 is 0 Å². The van der Waals surface area contributed by atoms with Gasteiger partial charge >= 0.3 is 0 Å². The first-order valence-corrected chi connectivity index (χ1v) is 6.06. The topological polar surface area (TPSA) is 33.0 Å². The Bertz CT molecular complexity index is 421. The SMILES string of the molecule is N#Cc1ccc(F)c(COCCC2CCC2)c1. The summed E-state index contributed by atoms with van der Waals surface area (Å²) in [5.74, 6) is 0.512. The van der Waals surface area contributed by atoms with Gasteiger partial charge in [0.2, 0.25) is 0 Å². The maximum absolute atomic E-state index is 13.4. The lowest BCUT2D eigenvalue weighted by Gasteiger charge is -2.24. The summed E-state index contributed by atoms with van der Waals surface area (Å²) in [5, 5.41) is 8.72. The number of nitriles is 1. The lowest BCUT2D eigenvalue weighted by Crippen LogP contribution is -2.13. The van der Waals surface area contributed by atoms with Crippen LogP contribution in [0.1, 0.15) is 36.8 Å². The first-order valence-electron chi connectivity index (χ1n) is 6.06. The van der Waals surface area contributed by atoms with E-state index in [0.29, 0.717) is 17.7 Å². The molecule has 0 amide bonds. The van der Waals surface area contributed by atoms with Gasteiger partial charge in [-0.15, -0.1) is 0 Å². The number of hydrogen-bond donors (Lipinski definition) is 0. The fraction of sp³-hybridized carbons (Fsp3) is 0.500. The van der Waals surface area contributed by atoms with Crippen LogP contribution in [0.25, 0.3) is 0 Å². The van der Waals surface area contributed by atoms with Crippen molar-refractivity contribution in [2.45, 2.75) is 32.3 Å². The Hall–Kier alpha value is -1.40. The molecule has 2 nitrogen and oxygen atoms in total. The molecule has 17 heavy (non-hydrogen) atoms. The standard InChI is InChI=1S/C14H16FNO/c15-14-5-4-12(9-16)8-13(14)10-17-7-6-11-2-1-3-11/h4-5,8,11H,1-3,6-7,10H2. The first kappa shape index (κ1) is 12.1. The molecular weight excluding hydrogens is 217 g/mol. The van der Waals surface area contributed by atoms with E-state index >= 15 is 0 Å². The summed E-state index contributed by atoms with van der Waals surface area (Å²) >= 11 is 0. The van der Waals surface area contributed by atoms with Crippen molar-refractivity contribution < 1.29 is 9.13 Å². The lowest BCUT2D eigenvalue weighted by atomic mass is 9.83. The summed E-state index contributed by atoms with van der Waals surface area (Å²) in [6.07, 6.45) is 5.02. The molecule has 0 unspecified atom stereocenters. The highest BCUT2D eigenvalue weighted by Crippen LogP contribution is 2.29. The third-order valence-corrected chi connectivity index (χ3v) is 3.33. The monoisotopic (exact) mass is 233 g/mol. The summed E-state index contributed by atoms with van der Waals surface area (Å²) in [5.41, 5.74) is 0.946. The molecule has 0 radical (unpaired) electrons. The normalized spacial score (nSPS) is 15.3. The maximum atomic E-state index is 13.4. The molecule has 0 atom stereocenters. The van der Waals surface area contributed by atoms with Gasteiger partial charge in [-0.3, -0.25) is 0 Å². The Labute approximate surface area is 101 Å². The molecule has 1 aliphatic carbocycles. The van der Waals surface area contributed by atoms with Gasteiger partial charge in [-0.05, 0) is 30.5 Å². The van der Waals surface area contributed by atoms with Crippen LogP contribution in [0.3, 0.4) is 0 Å². The Morgan fingerprint density at radius 2 is 2.24 bits per heavy atom. The van der Waals surface area contributed by atoms with Crippen LogP contribution in [0, 0.1) is 23.1 Å². The van der Waals surface area contributed by atoms with Gasteiger partial charge in [-0.25, -0.2) is 4.39 Å². The fourth-order valence-electron chi connectivity index (χ4n) is 1.97. The van der Waals surface area contributed by atoms with Crippen molar-refractivity contribution in [3.63, 3.8) is 0 Å². The number of ether oxygens (including phenoxy) is 1. The molecule has 0 N–H and O–H groups in total. The highest BCUT2D eigenvalue weighted by Gasteiger charge is 2.16. The van der Waals surface area contributed by atoms with Crippen molar-refractivity contribution in [3.05, 3.63) is 35.1 Å². The molecular formula is C14H16FNO. The predicted octanol–water partition coefficient (Wildman–Crippen LogP) is 3.40. The summed E-state index contributed by atoms with van der Waals surface area (Å²) in [6.45, 7) is 0.939. The van der Waals surface area contributed by atoms with Crippen molar-refractivity contribution in [1.29, 1.82) is 5.26 Å². The number of benzene rings is 1. The van der Waals surface area contributed by atoms with Gasteiger partial charge in [0, 0.05) is 12.2 Å². The van der Waals surface area contributed by atoms with Gasteiger partial charge in [0.05, 0.1) is 18.2 Å². The Balaban J connectivity index is 1.79. The molecule has 1 fully saturated rings. The minimum atomic E-state index is -0.298. The highest BCUT2D eigenvalue weighted by atomic mass is 19.1. The van der Waals surface area contributed by atoms with Crippen LogP contribution in [0.2, 0.25) is 0 Å². The molecule has 1 aliphatic rings. The zero-order chi connectivity index (χ0) is 12.1. The molecule has 3 heteroatoms. The minimum Gasteiger partial charge on any atom is -0.377 e. The highest BCUT2D eigenvalue weighted by molar-refractivity contribution is 5.33. The second-order valence-corrected chi connectivity index (χ2v) is 4.56. The Morgan fingerprint density at radius 3 is 2.88 bits per heavy atom. The van der Waals surface area contributed by atoms with Crippen molar-refractivity contribution in [2.75, 3.05) is 6.61 Å². The van der Waals surface area contributed by atoms with E-state index in [1.165, 1.54) is 31.4 Å². The molecule has 0 aliphatic heterocycles. The van der Waals surface area contributed by atoms with Gasteiger partial charge < -0.3 is 4.74 Å². The molecule has 2 rings (SSSR count). The summed E-state index contributed by atoms with van der Waals surface area (Å²) in [7, 11) is 0. The number of halogens is 1. The van der Waals surface area contributed by atoms with E-state index in [9.17, 15) is 4.39 Å². The zero-order valence-electron chi connectivity index (χ0n) is 9.79. The van der Waals surface area contributed by atoms with E-state index in [0.717, 1.165) is 12.3 Å². The first-order chi connectivity index (χ1) is 8.29. The van der Waals surface area contributed by atoms with E-state index in [-0.39, 0.29) is 12.4 Å². The van der Waals surface area contributed by atoms with Gasteiger partial charge in [0.25, 0.3) is 0 Å². The maximum Gasteiger partial charge on any atom is 0.128 e. The average Bonchev–Trinajstić information content (AvgIpc) is 2.28. The van der Waals surface area contributed by atoms with E-state index in [1.807, 2.05) is 6.07 Å². The molecule has 0 spiro atoms. The quantitative estimate of drug-likeness (QED) is 0.730. The zero-order valence-corrected chi connectivity index (χ0v) is 9.79. The molecule has 90 valence electrons. The predicted molar refractivity (Wildman–Crippen MR) is 62.7 cm³/mol. The van der Waals surface area contributed by atoms with E-state index in [2.05, 4.69) is 0 Å². The van der Waals surface area contributed by atoms with Crippen LogP contribution in [0.15, 0.2) is 18.2 Å². The summed E-state index contributed by atoms with van der Waals surface area (Å²) < 4.78 is 18.8. The van der Waals surface area contributed by atoms with Gasteiger partial charge in [-0.1, -0.05) is 19.3 Å². The van der Waals surface area contributed by atoms with Gasteiger partial charge in [-0.2, -0.15) is 5.26 Å². The van der Waals surface area contributed by atoms with Gasteiger partial charge in [0.15, 0.2) is 0 Å². The van der Waals surface area contributed by atoms with Gasteiger partial charge in [0.1, 0.15) is 5.82 Å². The van der Waals surface area contributed by atoms with Crippen LogP contribution in [-0.4, -0.2) is 6.61 Å². The second kappa shape index (κ2) is 5.79. The number of nitrogens with zero attached hydrogens (tertiary/aromatic N) is 1. The Morgan fingerprint density at radius 1 is 1.41 bits per heavy atom. The average molecular weight is 233 g/mol. The second-order valence-electron chi connectivity index (χ2n) is 4.56. The third-order valence-electron chi connectivity index (χ3n) is 3.33.